The molecular formula is C42H68I2N4O4Pt2. The van der Waals surface area contributed by atoms with E-state index in [-0.39, 0.29) is 92.3 Å². The second-order valence-corrected chi connectivity index (χ2v) is 30.7. The normalized spacial score (nSPS) is 18.4. The Morgan fingerprint density at radius 3 is 1.15 bits per heavy atom. The van der Waals surface area contributed by atoms with E-state index < -0.39 is 0 Å². The summed E-state index contributed by atoms with van der Waals surface area (Å²) in [5.41, 5.74) is 8.22. The van der Waals surface area contributed by atoms with Gasteiger partial charge in [0.1, 0.15) is 23.0 Å². The molecule has 0 saturated carbocycles. The number of benzene rings is 2. The summed E-state index contributed by atoms with van der Waals surface area (Å²) in [4.78, 5) is 0. The molecule has 0 saturated heterocycles. The molecule has 0 radical (unpaired) electrons. The third kappa shape index (κ3) is 18.7. The van der Waals surface area contributed by atoms with Gasteiger partial charge in [0.25, 0.3) is 0 Å². The summed E-state index contributed by atoms with van der Waals surface area (Å²) >= 11 is 5.30. The van der Waals surface area contributed by atoms with E-state index >= 15 is 0 Å². The molecule has 2 aromatic rings. The predicted octanol–water partition coefficient (Wildman–Crippen LogP) is 16.3. The summed E-state index contributed by atoms with van der Waals surface area (Å²) in [6.07, 6.45) is 17.2. The maximum absolute atomic E-state index is 10.5. The Morgan fingerprint density at radius 2 is 0.907 bits per heavy atom. The average Bonchev–Trinajstić information content (AvgIpc) is 3.01. The number of phenols is 4. The smallest absolute Gasteiger partial charge is 0.693 e. The second-order valence-electron chi connectivity index (χ2n) is 14.1. The molecule has 2 aliphatic carbocycles. The van der Waals surface area contributed by atoms with Gasteiger partial charge in [-0.2, -0.15) is 0 Å². The molecule has 0 aliphatic heterocycles. The predicted molar refractivity (Wildman–Crippen MR) is 243 cm³/mol. The Labute approximate surface area is 371 Å². The number of hydrogen-bond donors (Lipinski definition) is 4. The Hall–Kier alpha value is -0.723. The van der Waals surface area contributed by atoms with Gasteiger partial charge < -0.3 is 45.0 Å². The van der Waals surface area contributed by atoms with Gasteiger partial charge in [0, 0.05) is 23.0 Å². The van der Waals surface area contributed by atoms with Crippen LogP contribution in [0.2, 0.25) is 0 Å². The van der Waals surface area contributed by atoms with E-state index in [1.807, 2.05) is 38.1 Å². The van der Waals surface area contributed by atoms with Gasteiger partial charge in [-0.05, 0) is 126 Å². The zero-order valence-electron chi connectivity index (χ0n) is 33.2. The second kappa shape index (κ2) is 31.3. The van der Waals surface area contributed by atoms with Gasteiger partial charge in [-0.25, -0.2) is 0 Å². The topological polar surface area (TPSA) is 215 Å². The van der Waals surface area contributed by atoms with Crippen molar-refractivity contribution in [1.29, 1.82) is 0 Å². The van der Waals surface area contributed by atoms with Crippen LogP contribution >= 0.6 is 38.7 Å². The number of unbranched alkanes of at least 4 members (excludes halogenated alkanes) is 4. The first-order chi connectivity index (χ1) is 23.3. The zero-order chi connectivity index (χ0) is 36.7. The quantitative estimate of drug-likeness (QED) is 0.0927. The molecule has 8 nitrogen and oxygen atoms in total. The van der Waals surface area contributed by atoms with Gasteiger partial charge in [0.2, 0.25) is 0 Å². The molecule has 0 amide bonds. The molecule has 4 rings (SSSR count). The van der Waals surface area contributed by atoms with Gasteiger partial charge >= 0.3 is 71.0 Å². The molecule has 2 aliphatic rings. The molecule has 12 N–H and O–H groups in total. The number of phenolic OH excluding ortho intramolecular Hbond substituents is 4. The van der Waals surface area contributed by atoms with Gasteiger partial charge in [-0.15, -0.1) is 0 Å². The molecule has 0 bridgehead atoms. The van der Waals surface area contributed by atoms with Crippen LogP contribution in [-0.2, 0) is 45.1 Å². The van der Waals surface area contributed by atoms with Crippen molar-refractivity contribution in [2.45, 2.75) is 130 Å². The van der Waals surface area contributed by atoms with Crippen molar-refractivity contribution in [2.24, 2.45) is 11.8 Å². The van der Waals surface area contributed by atoms with Crippen molar-refractivity contribution < 1.29 is 52.7 Å². The minimum absolute atomic E-state index is 0. The fourth-order valence-corrected chi connectivity index (χ4v) is 7.30. The number of aromatic hydroxyl groups is 4. The number of allylic oxidation sites excluding steroid dienone is 6. The Balaban J connectivity index is -0.000000397. The third-order valence-electron chi connectivity index (χ3n) is 9.96. The first-order valence-electron chi connectivity index (χ1n) is 17.9. The van der Waals surface area contributed by atoms with Crippen molar-refractivity contribution in [2.75, 3.05) is 0 Å². The summed E-state index contributed by atoms with van der Waals surface area (Å²) in [5.74, 6) is 1.48. The van der Waals surface area contributed by atoms with E-state index in [4.69, 9.17) is 0 Å². The molecule has 0 fully saturated rings. The number of halogens is 2. The van der Waals surface area contributed by atoms with E-state index in [9.17, 15) is 20.4 Å². The van der Waals surface area contributed by atoms with Crippen LogP contribution in [0.3, 0.4) is 0 Å². The minimum atomic E-state index is 0. The van der Waals surface area contributed by atoms with Crippen molar-refractivity contribution >= 4 is 38.7 Å². The SMILES string of the molecule is C=C(C)[C@H]1CCC(C)=C[C@@H]1c1c(O)cc(CCCCC)cc1O.C=C(C)[C@H]1CCC(C)=C[C@@H]1c1c(O)cc(CCCCC)cc1O.[I][Pt+2][I].[NH2-].[NH2-].[NH2-].[NH2-].[Pt+2]. The van der Waals surface area contributed by atoms with Crippen LogP contribution in [0.25, 0.3) is 24.6 Å². The van der Waals surface area contributed by atoms with E-state index in [0.29, 0.717) is 22.3 Å². The largest absolute Gasteiger partial charge is 2.00 e. The first kappa shape index (κ1) is 60.0. The maximum atomic E-state index is 10.5. The number of aryl methyl sites for hydroxylation is 2. The molecule has 12 heteroatoms. The van der Waals surface area contributed by atoms with Crippen LogP contribution in [0.5, 0.6) is 23.0 Å². The van der Waals surface area contributed by atoms with E-state index in [1.165, 1.54) is 36.8 Å². The van der Waals surface area contributed by atoms with Crippen LogP contribution in [-0.4, -0.2) is 20.4 Å². The molecule has 4 atom stereocenters. The van der Waals surface area contributed by atoms with Gasteiger partial charge in [0.05, 0.1) is 0 Å². The number of nitrogens with two attached hydrogens (primary N) is 4. The Kier molecular flexibility index (Phi) is 34.7. The monoisotopic (exact) mass is 1340 g/mol. The summed E-state index contributed by atoms with van der Waals surface area (Å²) in [7, 11) is 0. The number of hydrogen-bond acceptors (Lipinski definition) is 4. The van der Waals surface area contributed by atoms with Crippen LogP contribution in [0.15, 0.2) is 71.9 Å². The summed E-state index contributed by atoms with van der Waals surface area (Å²) in [6, 6.07) is 7.33. The fraction of sp³-hybridized carbons (Fsp3) is 0.524. The van der Waals surface area contributed by atoms with Crippen molar-refractivity contribution in [1.82, 2.24) is 0 Å². The van der Waals surface area contributed by atoms with Crippen LogP contribution in [0.4, 0.5) is 0 Å². The van der Waals surface area contributed by atoms with E-state index in [0.717, 1.165) is 73.6 Å². The van der Waals surface area contributed by atoms with Crippen LogP contribution < -0.4 is 0 Å². The average molecular weight is 1340 g/mol. The minimum Gasteiger partial charge on any atom is -0.693 e. The molecule has 0 aromatic heterocycles. The first-order valence-corrected chi connectivity index (χ1v) is 30.7. The van der Waals surface area contributed by atoms with E-state index in [2.05, 4.69) is 91.7 Å². The fourth-order valence-electron chi connectivity index (χ4n) is 7.30. The van der Waals surface area contributed by atoms with Crippen molar-refractivity contribution in [3.05, 3.63) is 119 Å². The van der Waals surface area contributed by atoms with Crippen LogP contribution in [0, 0.1) is 11.8 Å². The van der Waals surface area contributed by atoms with E-state index in [1.54, 1.807) is 0 Å². The molecule has 2 aromatic carbocycles. The van der Waals surface area contributed by atoms with Gasteiger partial charge in [-0.1, -0.05) is 87.1 Å². The van der Waals surface area contributed by atoms with Gasteiger partial charge in [-0.3, -0.25) is 0 Å². The standard InChI is InChI=1S/2C21H30O2.2HI.4H2N.2Pt/c2*1-5-6-7-8-16-12-19(22)21(20(23)13-16)18-11-15(4)9-10-17(18)14(2)3;;;;;;;;/h2*11-13,17-18,22-23H,2,5-10H2,1,3-4H3;2*1H;4*1H2;;/q;;;;4*-1;+2;+4/p-2/t2*17-,18+;;;;;;;;/m11......../s1. The molecular weight excluding hydrogens is 1270 g/mol. The molecule has 0 unspecified atom stereocenters. The number of rotatable bonds is 12. The molecule has 314 valence electrons. The zero-order valence-corrected chi connectivity index (χ0v) is 42.0. The Bertz CT molecular complexity index is 1320. The Morgan fingerprint density at radius 1 is 0.630 bits per heavy atom. The molecule has 0 spiro atoms. The summed E-state index contributed by atoms with van der Waals surface area (Å²) in [5, 5.41) is 42.2. The van der Waals surface area contributed by atoms with Crippen molar-refractivity contribution in [3.63, 3.8) is 0 Å². The molecule has 0 heterocycles. The third-order valence-corrected chi connectivity index (χ3v) is 9.96. The van der Waals surface area contributed by atoms with Crippen molar-refractivity contribution in [3.8, 4) is 23.0 Å². The summed E-state index contributed by atoms with van der Waals surface area (Å²) < 4.78 is 0. The van der Waals surface area contributed by atoms with Crippen LogP contribution in [0.1, 0.15) is 140 Å². The summed E-state index contributed by atoms with van der Waals surface area (Å²) in [6.45, 7) is 20.9. The molecule has 54 heavy (non-hydrogen) atoms. The van der Waals surface area contributed by atoms with Gasteiger partial charge in [0.15, 0.2) is 0 Å². The maximum Gasteiger partial charge on any atom is 2.00 e.